The van der Waals surface area contributed by atoms with Crippen molar-refractivity contribution in [1.82, 2.24) is 0 Å². The van der Waals surface area contributed by atoms with Crippen molar-refractivity contribution >= 4 is 11.9 Å². The highest BCUT2D eigenvalue weighted by Crippen LogP contribution is 2.18. The molecule has 1 N–H and O–H groups in total. The van der Waals surface area contributed by atoms with E-state index in [0.29, 0.717) is 12.8 Å². The van der Waals surface area contributed by atoms with Crippen LogP contribution >= 0.6 is 0 Å². The molecule has 262 valence electrons. The summed E-state index contributed by atoms with van der Waals surface area (Å²) in [6.45, 7) is 4.54. The van der Waals surface area contributed by atoms with Crippen LogP contribution in [0.1, 0.15) is 239 Å². The fourth-order valence-electron chi connectivity index (χ4n) is 6.38. The number of carbonyl (C=O) groups excluding carboxylic acids is 1. The number of hydrogen-bond donors (Lipinski definition) is 1. The van der Waals surface area contributed by atoms with Crippen LogP contribution in [0.15, 0.2) is 0 Å². The first-order valence-electron chi connectivity index (χ1n) is 20.0. The molecule has 0 aromatic carbocycles. The van der Waals surface area contributed by atoms with Gasteiger partial charge in [-0.3, -0.25) is 9.59 Å². The Kier molecular flexibility index (Phi) is 35.5. The molecule has 0 radical (unpaired) electrons. The molecular formula is C40H78O4. The van der Waals surface area contributed by atoms with Gasteiger partial charge in [-0.2, -0.15) is 0 Å². The summed E-state index contributed by atoms with van der Waals surface area (Å²) < 4.78 is 5.58. The van der Waals surface area contributed by atoms with Gasteiger partial charge >= 0.3 is 11.9 Å². The summed E-state index contributed by atoms with van der Waals surface area (Å²) in [5.74, 6) is -1.09. The van der Waals surface area contributed by atoms with Gasteiger partial charge in [0.2, 0.25) is 0 Å². The summed E-state index contributed by atoms with van der Waals surface area (Å²) in [6, 6.07) is 0. The topological polar surface area (TPSA) is 63.6 Å². The van der Waals surface area contributed by atoms with E-state index in [-0.39, 0.29) is 12.4 Å². The SMILES string of the molecule is CCCCCCCCCCCCCCCCCCCCCCCC(=O)OC(CCCCCCCCCCCCC)CC(=O)O. The maximum absolute atomic E-state index is 12.3. The van der Waals surface area contributed by atoms with Gasteiger partial charge in [0.25, 0.3) is 0 Å². The van der Waals surface area contributed by atoms with Gasteiger partial charge in [0, 0.05) is 6.42 Å². The van der Waals surface area contributed by atoms with Crippen molar-refractivity contribution in [3.8, 4) is 0 Å². The molecule has 0 rings (SSSR count). The number of esters is 1. The lowest BCUT2D eigenvalue weighted by atomic mass is 10.0. The van der Waals surface area contributed by atoms with E-state index in [1.54, 1.807) is 0 Å². The first-order valence-corrected chi connectivity index (χ1v) is 20.0. The summed E-state index contributed by atoms with van der Waals surface area (Å²) in [7, 11) is 0. The van der Waals surface area contributed by atoms with Crippen molar-refractivity contribution in [1.29, 1.82) is 0 Å². The molecule has 0 bridgehead atoms. The molecule has 0 heterocycles. The third-order valence-electron chi connectivity index (χ3n) is 9.31. The summed E-state index contributed by atoms with van der Waals surface area (Å²) in [6.07, 6.45) is 42.8. The molecule has 0 saturated heterocycles. The number of unbranched alkanes of at least 4 members (excludes halogenated alkanes) is 30. The minimum atomic E-state index is -0.875. The van der Waals surface area contributed by atoms with Crippen molar-refractivity contribution < 1.29 is 19.4 Å². The second-order valence-corrected chi connectivity index (χ2v) is 13.9. The Hall–Kier alpha value is -1.06. The highest BCUT2D eigenvalue weighted by molar-refractivity contribution is 5.71. The molecule has 0 aromatic heterocycles. The molecule has 1 unspecified atom stereocenters. The van der Waals surface area contributed by atoms with Gasteiger partial charge in [0.1, 0.15) is 6.10 Å². The van der Waals surface area contributed by atoms with Crippen LogP contribution in [0, 0.1) is 0 Å². The van der Waals surface area contributed by atoms with E-state index in [1.807, 2.05) is 0 Å². The van der Waals surface area contributed by atoms with Crippen LogP contribution < -0.4 is 0 Å². The molecule has 1 atom stereocenters. The fraction of sp³-hybridized carbons (Fsp3) is 0.950. The Bertz CT molecular complexity index is 590. The smallest absolute Gasteiger partial charge is 0.307 e. The van der Waals surface area contributed by atoms with E-state index in [1.165, 1.54) is 180 Å². The summed E-state index contributed by atoms with van der Waals surface area (Å²) in [5, 5.41) is 9.24. The molecule has 0 aromatic rings. The second kappa shape index (κ2) is 36.4. The van der Waals surface area contributed by atoms with Crippen molar-refractivity contribution in [3.05, 3.63) is 0 Å². The van der Waals surface area contributed by atoms with E-state index < -0.39 is 12.1 Å². The van der Waals surface area contributed by atoms with Crippen LogP contribution in [0.3, 0.4) is 0 Å². The van der Waals surface area contributed by atoms with Crippen molar-refractivity contribution in [2.75, 3.05) is 0 Å². The van der Waals surface area contributed by atoms with Gasteiger partial charge in [0.15, 0.2) is 0 Å². The second-order valence-electron chi connectivity index (χ2n) is 13.9. The van der Waals surface area contributed by atoms with E-state index in [2.05, 4.69) is 13.8 Å². The third kappa shape index (κ3) is 35.4. The van der Waals surface area contributed by atoms with Crippen LogP contribution in [-0.2, 0) is 14.3 Å². The molecule has 0 amide bonds. The van der Waals surface area contributed by atoms with Gasteiger partial charge in [0.05, 0.1) is 6.42 Å². The van der Waals surface area contributed by atoms with E-state index in [0.717, 1.165) is 25.7 Å². The predicted octanol–water partition coefficient (Wildman–Crippen LogP) is 13.7. The zero-order valence-corrected chi connectivity index (χ0v) is 30.0. The Morgan fingerprint density at radius 2 is 0.705 bits per heavy atom. The number of rotatable bonds is 37. The quantitative estimate of drug-likeness (QED) is 0.0553. The number of carbonyl (C=O) groups is 2. The Balaban J connectivity index is 3.52. The van der Waals surface area contributed by atoms with Crippen molar-refractivity contribution in [2.24, 2.45) is 0 Å². The van der Waals surface area contributed by atoms with Crippen LogP contribution in [-0.4, -0.2) is 23.1 Å². The van der Waals surface area contributed by atoms with Gasteiger partial charge in [-0.05, 0) is 19.3 Å². The zero-order valence-electron chi connectivity index (χ0n) is 30.0. The number of carboxylic acids is 1. The summed E-state index contributed by atoms with van der Waals surface area (Å²) >= 11 is 0. The van der Waals surface area contributed by atoms with Crippen LogP contribution in [0.25, 0.3) is 0 Å². The lowest BCUT2D eigenvalue weighted by molar-refractivity contribution is -0.153. The Morgan fingerprint density at radius 3 is 1.00 bits per heavy atom. The molecule has 0 aliphatic carbocycles. The van der Waals surface area contributed by atoms with Gasteiger partial charge < -0.3 is 9.84 Å². The minimum absolute atomic E-state index is 0.0667. The molecule has 44 heavy (non-hydrogen) atoms. The monoisotopic (exact) mass is 623 g/mol. The first kappa shape index (κ1) is 42.9. The standard InChI is InChI=1S/C40H78O4/c1-3-5-7-9-11-13-15-16-17-18-19-20-21-22-23-24-26-28-30-32-34-36-40(43)44-38(37-39(41)42)35-33-31-29-27-25-14-12-10-8-6-4-2/h38H,3-37H2,1-2H3,(H,41,42). The Labute approximate surface area is 275 Å². The molecule has 0 fully saturated rings. The average Bonchev–Trinajstić information content (AvgIpc) is 3.00. The fourth-order valence-corrected chi connectivity index (χ4v) is 6.38. The van der Waals surface area contributed by atoms with Gasteiger partial charge in [-0.15, -0.1) is 0 Å². The number of carboxylic acid groups (broad SMARTS) is 1. The summed E-state index contributed by atoms with van der Waals surface area (Å²) in [4.78, 5) is 23.6. The van der Waals surface area contributed by atoms with Gasteiger partial charge in [-0.1, -0.05) is 206 Å². The number of aliphatic carboxylic acids is 1. The maximum atomic E-state index is 12.3. The van der Waals surface area contributed by atoms with Gasteiger partial charge in [-0.25, -0.2) is 0 Å². The van der Waals surface area contributed by atoms with Crippen LogP contribution in [0.4, 0.5) is 0 Å². The molecule has 0 aliphatic heterocycles. The molecular weight excluding hydrogens is 544 g/mol. The van der Waals surface area contributed by atoms with Crippen molar-refractivity contribution in [2.45, 2.75) is 245 Å². The molecule has 0 saturated carbocycles. The molecule has 4 nitrogen and oxygen atoms in total. The normalized spacial score (nSPS) is 12.0. The molecule has 4 heteroatoms. The number of ether oxygens (including phenoxy) is 1. The lowest BCUT2D eigenvalue weighted by Gasteiger charge is -2.16. The van der Waals surface area contributed by atoms with Crippen molar-refractivity contribution in [3.63, 3.8) is 0 Å². The Morgan fingerprint density at radius 1 is 0.432 bits per heavy atom. The van der Waals surface area contributed by atoms with Crippen LogP contribution in [0.2, 0.25) is 0 Å². The highest BCUT2D eigenvalue weighted by Gasteiger charge is 2.17. The molecule has 0 aliphatic rings. The largest absolute Gasteiger partial charge is 0.481 e. The predicted molar refractivity (Wildman–Crippen MR) is 190 cm³/mol. The maximum Gasteiger partial charge on any atom is 0.307 e. The number of hydrogen-bond acceptors (Lipinski definition) is 3. The third-order valence-corrected chi connectivity index (χ3v) is 9.31. The zero-order chi connectivity index (χ0) is 32.2. The average molecular weight is 623 g/mol. The highest BCUT2D eigenvalue weighted by atomic mass is 16.5. The van der Waals surface area contributed by atoms with E-state index in [9.17, 15) is 14.7 Å². The summed E-state index contributed by atoms with van der Waals surface area (Å²) in [5.41, 5.74) is 0. The van der Waals surface area contributed by atoms with E-state index in [4.69, 9.17) is 4.74 Å². The minimum Gasteiger partial charge on any atom is -0.481 e. The first-order chi connectivity index (χ1) is 21.6. The lowest BCUT2D eigenvalue weighted by Crippen LogP contribution is -2.21. The molecule has 0 spiro atoms. The van der Waals surface area contributed by atoms with E-state index >= 15 is 0 Å². The van der Waals surface area contributed by atoms with Crippen LogP contribution in [0.5, 0.6) is 0 Å².